The average Bonchev–Trinajstić information content (AvgIpc) is 3.02. The summed E-state index contributed by atoms with van der Waals surface area (Å²) in [5.74, 6) is -0.424. The summed E-state index contributed by atoms with van der Waals surface area (Å²) >= 11 is 7.17. The zero-order valence-corrected chi connectivity index (χ0v) is 18.6. The number of carbonyl (C=O) groups excluding carboxylic acids is 1. The molecule has 4 rings (SSSR count). The molecular weight excluding hydrogens is 414 g/mol. The highest BCUT2D eigenvalue weighted by Gasteiger charge is 2.40. The second-order valence-electron chi connectivity index (χ2n) is 7.85. The van der Waals surface area contributed by atoms with Crippen molar-refractivity contribution in [1.29, 1.82) is 5.26 Å². The van der Waals surface area contributed by atoms with Crippen LogP contribution in [0.25, 0.3) is 16.1 Å². The summed E-state index contributed by atoms with van der Waals surface area (Å²) in [5, 5.41) is 9.92. The lowest BCUT2D eigenvalue weighted by Gasteiger charge is -2.35. The van der Waals surface area contributed by atoms with E-state index in [0.29, 0.717) is 27.1 Å². The molecule has 30 heavy (non-hydrogen) atoms. The quantitative estimate of drug-likeness (QED) is 0.338. The highest BCUT2D eigenvalue weighted by atomic mass is 32.1. The minimum atomic E-state index is -0.427. The van der Waals surface area contributed by atoms with Gasteiger partial charge in [0.1, 0.15) is 6.07 Å². The zero-order valence-electron chi connectivity index (χ0n) is 17.0. The van der Waals surface area contributed by atoms with Gasteiger partial charge in [0.25, 0.3) is 0 Å². The Labute approximate surface area is 184 Å². The first-order valence-electron chi connectivity index (χ1n) is 9.64. The van der Waals surface area contributed by atoms with Gasteiger partial charge in [-0.1, -0.05) is 32.0 Å². The van der Waals surface area contributed by atoms with Gasteiger partial charge in [-0.05, 0) is 54.7 Å². The van der Waals surface area contributed by atoms with Crippen molar-refractivity contribution >= 4 is 35.2 Å². The van der Waals surface area contributed by atoms with E-state index < -0.39 is 11.4 Å². The van der Waals surface area contributed by atoms with Crippen LogP contribution >= 0.6 is 23.6 Å². The smallest absolute Gasteiger partial charge is 0.338 e. The highest BCUT2D eigenvalue weighted by molar-refractivity contribution is 7.73. The molecule has 0 radical (unpaired) electrons. The van der Waals surface area contributed by atoms with E-state index in [2.05, 4.69) is 24.5 Å². The number of thiazole rings is 1. The molecule has 0 unspecified atom stereocenters. The third-order valence-corrected chi connectivity index (χ3v) is 6.83. The minimum absolute atomic E-state index is 0.266. The number of hydrogen-bond acceptors (Lipinski definition) is 6. The molecule has 7 heteroatoms. The van der Waals surface area contributed by atoms with Gasteiger partial charge in [0, 0.05) is 16.9 Å². The molecule has 1 heterocycles. The van der Waals surface area contributed by atoms with Crippen molar-refractivity contribution in [3.63, 3.8) is 0 Å². The fourth-order valence-electron chi connectivity index (χ4n) is 4.23. The normalized spacial score (nSPS) is 13.8. The monoisotopic (exact) mass is 435 g/mol. The molecule has 0 atom stereocenters. The molecule has 5 nitrogen and oxygen atoms in total. The van der Waals surface area contributed by atoms with Crippen molar-refractivity contribution in [2.75, 3.05) is 12.3 Å². The maximum Gasteiger partial charge on any atom is 0.338 e. The van der Waals surface area contributed by atoms with Crippen molar-refractivity contribution in [1.82, 2.24) is 4.57 Å². The number of anilines is 1. The number of nitriles is 1. The fourth-order valence-corrected chi connectivity index (χ4v) is 5.76. The Bertz CT molecular complexity index is 1260. The molecule has 1 aliphatic rings. The lowest BCUT2D eigenvalue weighted by atomic mass is 9.70. The number of esters is 1. The number of aromatic nitrogens is 1. The van der Waals surface area contributed by atoms with Gasteiger partial charge in [0.2, 0.25) is 0 Å². The number of nitrogen functional groups attached to an aromatic ring is 1. The topological polar surface area (TPSA) is 81.0 Å². The number of benzene rings is 2. The average molecular weight is 436 g/mol. The summed E-state index contributed by atoms with van der Waals surface area (Å²) in [6.07, 6.45) is 0.665. The molecule has 0 aliphatic heterocycles. The molecule has 1 aromatic heterocycles. The molecule has 2 N–H and O–H groups in total. The Morgan fingerprint density at radius 1 is 1.37 bits per heavy atom. The van der Waals surface area contributed by atoms with Crippen LogP contribution in [0.5, 0.6) is 0 Å². The van der Waals surface area contributed by atoms with E-state index in [1.165, 1.54) is 11.3 Å². The Kier molecular flexibility index (Phi) is 5.00. The van der Waals surface area contributed by atoms with Crippen LogP contribution in [-0.2, 0) is 16.6 Å². The third-order valence-electron chi connectivity index (χ3n) is 5.40. The largest absolute Gasteiger partial charge is 0.462 e. The van der Waals surface area contributed by atoms with Crippen LogP contribution in [0.1, 0.15) is 48.0 Å². The molecule has 3 aromatic rings. The minimum Gasteiger partial charge on any atom is -0.462 e. The van der Waals surface area contributed by atoms with Gasteiger partial charge >= 0.3 is 5.97 Å². The standard InChI is InChI=1S/C23H21N3O2S2/c1-4-28-21(27)14-10-16(25)15(12-24)18-19(14)23(2,3)11-17-20(18)30-22(29)26(17)13-8-6-5-7-9-13/h5-10H,4,11,25H2,1-3H3. The summed E-state index contributed by atoms with van der Waals surface area (Å²) in [4.78, 5) is 13.7. The lowest BCUT2D eigenvalue weighted by molar-refractivity contribution is 0.0523. The van der Waals surface area contributed by atoms with E-state index in [-0.39, 0.29) is 12.3 Å². The fraction of sp³-hybridized carbons (Fsp3) is 0.261. The maximum absolute atomic E-state index is 12.8. The van der Waals surface area contributed by atoms with Crippen LogP contribution in [0.3, 0.4) is 0 Å². The Morgan fingerprint density at radius 2 is 2.07 bits per heavy atom. The number of rotatable bonds is 3. The second kappa shape index (κ2) is 7.38. The molecule has 0 fully saturated rings. The number of carbonyl (C=O) groups is 1. The molecule has 152 valence electrons. The zero-order chi connectivity index (χ0) is 21.6. The van der Waals surface area contributed by atoms with Gasteiger partial charge < -0.3 is 10.5 Å². The van der Waals surface area contributed by atoms with Gasteiger partial charge in [-0.25, -0.2) is 4.79 Å². The van der Waals surface area contributed by atoms with Crippen LogP contribution in [0, 0.1) is 15.3 Å². The van der Waals surface area contributed by atoms with E-state index in [0.717, 1.165) is 21.8 Å². The number of para-hydroxylation sites is 1. The number of nitrogens with zero attached hydrogens (tertiary/aromatic N) is 2. The van der Waals surface area contributed by atoms with E-state index in [1.54, 1.807) is 13.0 Å². The Balaban J connectivity index is 2.11. The first kappa shape index (κ1) is 20.3. The molecule has 0 amide bonds. The molecule has 1 aliphatic carbocycles. The second-order valence-corrected chi connectivity index (χ2v) is 9.49. The highest BCUT2D eigenvalue weighted by Crippen LogP contribution is 2.50. The Hall–Kier alpha value is -2.95. The number of ether oxygens (including phenoxy) is 1. The van der Waals surface area contributed by atoms with E-state index in [1.807, 2.05) is 30.3 Å². The summed E-state index contributed by atoms with van der Waals surface area (Å²) in [7, 11) is 0. The van der Waals surface area contributed by atoms with E-state index in [9.17, 15) is 10.1 Å². The third kappa shape index (κ3) is 3.04. The van der Waals surface area contributed by atoms with E-state index in [4.69, 9.17) is 22.7 Å². The van der Waals surface area contributed by atoms with Gasteiger partial charge in [-0.15, -0.1) is 11.3 Å². The first-order valence-corrected chi connectivity index (χ1v) is 10.9. The van der Waals surface area contributed by atoms with Crippen LogP contribution in [0.2, 0.25) is 0 Å². The summed E-state index contributed by atoms with van der Waals surface area (Å²) in [5.41, 5.74) is 10.4. The van der Waals surface area contributed by atoms with Crippen molar-refractivity contribution in [2.24, 2.45) is 0 Å². The SMILES string of the molecule is CCOC(=O)c1cc(N)c(C#N)c2c1C(C)(C)Cc1c-2sc(=S)n1-c1ccccc1. The molecule has 0 spiro atoms. The molecular formula is C23H21N3O2S2. The van der Waals surface area contributed by atoms with Crippen molar-refractivity contribution in [2.45, 2.75) is 32.6 Å². The van der Waals surface area contributed by atoms with Crippen molar-refractivity contribution < 1.29 is 9.53 Å². The Morgan fingerprint density at radius 3 is 2.70 bits per heavy atom. The van der Waals surface area contributed by atoms with Crippen molar-refractivity contribution in [3.05, 3.63) is 62.7 Å². The van der Waals surface area contributed by atoms with Crippen LogP contribution in [-0.4, -0.2) is 17.1 Å². The number of nitrogens with two attached hydrogens (primary N) is 1. The first-order chi connectivity index (χ1) is 14.3. The van der Waals surface area contributed by atoms with Crippen LogP contribution in [0.4, 0.5) is 5.69 Å². The lowest BCUT2D eigenvalue weighted by Crippen LogP contribution is -2.30. The van der Waals surface area contributed by atoms with Crippen molar-refractivity contribution in [3.8, 4) is 22.2 Å². The van der Waals surface area contributed by atoms with Gasteiger partial charge in [-0.3, -0.25) is 4.57 Å². The molecule has 0 saturated carbocycles. The van der Waals surface area contributed by atoms with E-state index >= 15 is 0 Å². The molecule has 0 saturated heterocycles. The molecule has 0 bridgehead atoms. The maximum atomic E-state index is 12.8. The number of hydrogen-bond donors (Lipinski definition) is 1. The van der Waals surface area contributed by atoms with Gasteiger partial charge in [0.15, 0.2) is 3.95 Å². The number of fused-ring (bicyclic) bond motifs is 3. The van der Waals surface area contributed by atoms with Crippen LogP contribution < -0.4 is 5.73 Å². The van der Waals surface area contributed by atoms with Crippen LogP contribution in [0.15, 0.2) is 36.4 Å². The predicted octanol–water partition coefficient (Wildman–Crippen LogP) is 5.40. The summed E-state index contributed by atoms with van der Waals surface area (Å²) in [6, 6.07) is 13.8. The molecule has 2 aromatic carbocycles. The van der Waals surface area contributed by atoms with Gasteiger partial charge in [-0.2, -0.15) is 5.26 Å². The van der Waals surface area contributed by atoms with Gasteiger partial charge in [0.05, 0.1) is 28.3 Å². The summed E-state index contributed by atoms with van der Waals surface area (Å²) in [6.45, 7) is 6.18. The summed E-state index contributed by atoms with van der Waals surface area (Å²) < 4.78 is 8.06. The predicted molar refractivity (Wildman–Crippen MR) is 122 cm³/mol.